The molecule has 1 rings (SSSR count). The zero-order chi connectivity index (χ0) is 9.90. The molecule has 0 aromatic heterocycles. The van der Waals surface area contributed by atoms with Crippen LogP contribution < -0.4 is 0 Å². The Balaban J connectivity index is 2.99. The highest BCUT2D eigenvalue weighted by atomic mass is 28.3. The Kier molecular flexibility index (Phi) is 3.04. The molecule has 2 heteroatoms. The summed E-state index contributed by atoms with van der Waals surface area (Å²) in [6, 6.07) is 10.0. The molecule has 13 heavy (non-hydrogen) atoms. The first-order valence-corrected chi connectivity index (χ1v) is 8.13. The number of hydrogen-bond donors (Lipinski definition) is 0. The Hall–Kier alpha value is -0.893. The van der Waals surface area contributed by atoms with E-state index < -0.39 is 8.07 Å². The minimum Gasteiger partial charge on any atom is -0.303 e. The van der Waals surface area contributed by atoms with Gasteiger partial charge in [0.05, 0.1) is 8.07 Å². The van der Waals surface area contributed by atoms with E-state index in [1.165, 1.54) is 0 Å². The van der Waals surface area contributed by atoms with E-state index in [1.807, 2.05) is 30.3 Å². The summed E-state index contributed by atoms with van der Waals surface area (Å²) in [6.07, 6.45) is 1.10. The Bertz CT molecular complexity index is 274. The van der Waals surface area contributed by atoms with Crippen LogP contribution in [0.2, 0.25) is 19.6 Å². The van der Waals surface area contributed by atoms with E-state index in [2.05, 4.69) is 19.6 Å². The third-order valence-electron chi connectivity index (χ3n) is 2.23. The molecule has 0 aliphatic carbocycles. The van der Waals surface area contributed by atoms with Crippen molar-refractivity contribution in [3.63, 3.8) is 0 Å². The third-order valence-corrected chi connectivity index (χ3v) is 4.56. The number of hydrogen-bond acceptors (Lipinski definition) is 1. The van der Waals surface area contributed by atoms with Crippen molar-refractivity contribution >= 4 is 14.4 Å². The molecule has 1 aromatic carbocycles. The smallest absolute Gasteiger partial charge is 0.124 e. The second-order valence-electron chi connectivity index (χ2n) is 4.39. The fourth-order valence-electron chi connectivity index (χ4n) is 1.44. The van der Waals surface area contributed by atoms with Gasteiger partial charge in [0.15, 0.2) is 0 Å². The zero-order valence-electron chi connectivity index (χ0n) is 8.45. The first-order chi connectivity index (χ1) is 6.05. The minimum atomic E-state index is -1.40. The molecule has 0 heterocycles. The van der Waals surface area contributed by atoms with Gasteiger partial charge in [-0.05, 0) is 5.56 Å². The predicted molar refractivity (Wildman–Crippen MR) is 58.6 cm³/mol. The fraction of sp³-hybridized carbons (Fsp3) is 0.364. The van der Waals surface area contributed by atoms with Crippen LogP contribution in [-0.2, 0) is 4.79 Å². The molecule has 70 valence electrons. The van der Waals surface area contributed by atoms with Crippen molar-refractivity contribution < 1.29 is 4.79 Å². The van der Waals surface area contributed by atoms with E-state index >= 15 is 0 Å². The molecule has 0 radical (unpaired) electrons. The molecule has 1 aromatic rings. The van der Waals surface area contributed by atoms with Crippen molar-refractivity contribution in [1.82, 2.24) is 0 Å². The van der Waals surface area contributed by atoms with Crippen LogP contribution in [-0.4, -0.2) is 14.4 Å². The van der Waals surface area contributed by atoms with Gasteiger partial charge in [0.25, 0.3) is 0 Å². The molecule has 0 amide bonds. The van der Waals surface area contributed by atoms with E-state index in [1.54, 1.807) is 0 Å². The van der Waals surface area contributed by atoms with Gasteiger partial charge in [-0.25, -0.2) is 0 Å². The van der Waals surface area contributed by atoms with Crippen molar-refractivity contribution in [3.8, 4) is 0 Å². The average molecular weight is 192 g/mol. The maximum Gasteiger partial charge on any atom is 0.124 e. The first-order valence-electron chi connectivity index (χ1n) is 4.56. The standard InChI is InChI=1S/C11H16OSi/c1-13(2,3)11(9-12)10-7-5-4-6-8-10/h4-9,11H,1-3H3. The summed E-state index contributed by atoms with van der Waals surface area (Å²) in [5.74, 6) is 0. The normalized spacial score (nSPS) is 13.8. The average Bonchev–Trinajstić information content (AvgIpc) is 2.05. The van der Waals surface area contributed by atoms with Crippen molar-refractivity contribution in [1.29, 1.82) is 0 Å². The summed E-state index contributed by atoms with van der Waals surface area (Å²) >= 11 is 0. The topological polar surface area (TPSA) is 17.1 Å². The number of rotatable bonds is 3. The van der Waals surface area contributed by atoms with Crippen molar-refractivity contribution in [2.75, 3.05) is 0 Å². The largest absolute Gasteiger partial charge is 0.303 e. The van der Waals surface area contributed by atoms with Gasteiger partial charge < -0.3 is 4.79 Å². The van der Waals surface area contributed by atoms with Gasteiger partial charge in [-0.1, -0.05) is 50.0 Å². The number of benzene rings is 1. The first kappa shape index (κ1) is 10.2. The molecule has 0 bridgehead atoms. The van der Waals surface area contributed by atoms with Gasteiger partial charge in [-0.3, -0.25) is 0 Å². The maximum atomic E-state index is 11.0. The van der Waals surface area contributed by atoms with E-state index in [-0.39, 0.29) is 5.54 Å². The van der Waals surface area contributed by atoms with Crippen LogP contribution in [0.15, 0.2) is 30.3 Å². The Labute approximate surface area is 80.8 Å². The highest BCUT2D eigenvalue weighted by Gasteiger charge is 2.27. The third kappa shape index (κ3) is 2.52. The maximum absolute atomic E-state index is 11.0. The van der Waals surface area contributed by atoms with Crippen LogP contribution >= 0.6 is 0 Å². The number of aldehydes is 1. The minimum absolute atomic E-state index is 0.133. The molecule has 0 aliphatic rings. The van der Waals surface area contributed by atoms with Crippen LogP contribution in [0.25, 0.3) is 0 Å². The van der Waals surface area contributed by atoms with E-state index in [0.29, 0.717) is 0 Å². The molecule has 1 unspecified atom stereocenters. The summed E-state index contributed by atoms with van der Waals surface area (Å²) in [5, 5.41) is 0. The predicted octanol–water partition coefficient (Wildman–Crippen LogP) is 2.85. The van der Waals surface area contributed by atoms with Gasteiger partial charge >= 0.3 is 0 Å². The molecule has 1 nitrogen and oxygen atoms in total. The lowest BCUT2D eigenvalue weighted by molar-refractivity contribution is -0.107. The number of carbonyl (C=O) groups is 1. The summed E-state index contributed by atoms with van der Waals surface area (Å²) in [5.41, 5.74) is 1.30. The Morgan fingerprint density at radius 2 is 1.69 bits per heavy atom. The summed E-state index contributed by atoms with van der Waals surface area (Å²) in [4.78, 5) is 11.0. The van der Waals surface area contributed by atoms with Gasteiger partial charge in [-0.15, -0.1) is 0 Å². The number of carbonyl (C=O) groups excluding carboxylic acids is 1. The summed E-state index contributed by atoms with van der Waals surface area (Å²) in [6.45, 7) is 6.66. The van der Waals surface area contributed by atoms with Gasteiger partial charge in [-0.2, -0.15) is 0 Å². The monoisotopic (exact) mass is 192 g/mol. The lowest BCUT2D eigenvalue weighted by Crippen LogP contribution is -2.31. The molecule has 0 fully saturated rings. The van der Waals surface area contributed by atoms with Crippen molar-refractivity contribution in [3.05, 3.63) is 35.9 Å². The zero-order valence-corrected chi connectivity index (χ0v) is 9.45. The molecular weight excluding hydrogens is 176 g/mol. The van der Waals surface area contributed by atoms with Gasteiger partial charge in [0, 0.05) is 5.54 Å². The highest BCUT2D eigenvalue weighted by molar-refractivity contribution is 6.79. The van der Waals surface area contributed by atoms with E-state index in [0.717, 1.165) is 11.8 Å². The molecule has 1 atom stereocenters. The summed E-state index contributed by atoms with van der Waals surface area (Å²) in [7, 11) is -1.40. The van der Waals surface area contributed by atoms with E-state index in [4.69, 9.17) is 0 Å². The van der Waals surface area contributed by atoms with Gasteiger partial charge in [0.2, 0.25) is 0 Å². The van der Waals surface area contributed by atoms with Crippen molar-refractivity contribution in [2.24, 2.45) is 0 Å². The van der Waals surface area contributed by atoms with E-state index in [9.17, 15) is 4.79 Å². The van der Waals surface area contributed by atoms with Crippen LogP contribution in [0.4, 0.5) is 0 Å². The summed E-state index contributed by atoms with van der Waals surface area (Å²) < 4.78 is 0. The lowest BCUT2D eigenvalue weighted by atomic mass is 10.2. The second-order valence-corrected chi connectivity index (χ2v) is 9.74. The van der Waals surface area contributed by atoms with Crippen molar-refractivity contribution in [2.45, 2.75) is 25.2 Å². The van der Waals surface area contributed by atoms with Crippen LogP contribution in [0.5, 0.6) is 0 Å². The lowest BCUT2D eigenvalue weighted by Gasteiger charge is -2.23. The quantitative estimate of drug-likeness (QED) is 0.531. The molecule has 0 saturated carbocycles. The molecule has 0 saturated heterocycles. The molecular formula is C11H16OSi. The molecule has 0 aliphatic heterocycles. The molecule has 0 N–H and O–H groups in total. The molecule has 0 spiro atoms. The van der Waals surface area contributed by atoms with Crippen LogP contribution in [0.3, 0.4) is 0 Å². The second kappa shape index (κ2) is 3.88. The van der Waals surface area contributed by atoms with Gasteiger partial charge in [0.1, 0.15) is 6.29 Å². The Morgan fingerprint density at radius 1 is 1.15 bits per heavy atom. The SMILES string of the molecule is C[Si](C)(C)C(C=O)c1ccccc1. The fourth-order valence-corrected chi connectivity index (χ4v) is 3.04. The van der Waals surface area contributed by atoms with Crippen LogP contribution in [0, 0.1) is 0 Å². The van der Waals surface area contributed by atoms with Crippen LogP contribution in [0.1, 0.15) is 11.1 Å². The highest BCUT2D eigenvalue weighted by Crippen LogP contribution is 2.24. The Morgan fingerprint density at radius 3 is 2.08 bits per heavy atom.